The highest BCUT2D eigenvalue weighted by atomic mass is 35.5. The zero-order chi connectivity index (χ0) is 15.6. The van der Waals surface area contributed by atoms with Crippen LogP contribution in [0.3, 0.4) is 0 Å². The Labute approximate surface area is 127 Å². The molecule has 5 nitrogen and oxygen atoms in total. The maximum absolute atomic E-state index is 13.9. The van der Waals surface area contributed by atoms with Crippen molar-refractivity contribution in [3.63, 3.8) is 0 Å². The average molecular weight is 336 g/mol. The standard InChI is InChI=1S/C13H15ClFNO4S/c14-10-2-1-3-11(13(10)15)21(19,20)16-7-6-9(8-16)4-5-12(17)18/h1-3,9H,4-8H2,(H,17,18). The van der Waals surface area contributed by atoms with Crippen LogP contribution in [0.4, 0.5) is 4.39 Å². The molecule has 8 heteroatoms. The lowest BCUT2D eigenvalue weighted by molar-refractivity contribution is -0.137. The number of nitrogens with zero attached hydrogens (tertiary/aromatic N) is 1. The first kappa shape index (κ1) is 16.2. The van der Waals surface area contributed by atoms with Gasteiger partial charge in [0.2, 0.25) is 10.0 Å². The van der Waals surface area contributed by atoms with Crippen LogP contribution < -0.4 is 0 Å². The molecule has 1 heterocycles. The minimum absolute atomic E-state index is 0.00405. The number of hydrogen-bond acceptors (Lipinski definition) is 3. The van der Waals surface area contributed by atoms with Gasteiger partial charge in [-0.3, -0.25) is 4.79 Å². The molecule has 2 rings (SSSR count). The van der Waals surface area contributed by atoms with Gasteiger partial charge < -0.3 is 5.11 Å². The van der Waals surface area contributed by atoms with Crippen LogP contribution in [0.1, 0.15) is 19.3 Å². The number of halogens is 2. The summed E-state index contributed by atoms with van der Waals surface area (Å²) in [6.45, 7) is 0.472. The highest BCUT2D eigenvalue weighted by molar-refractivity contribution is 7.89. The average Bonchev–Trinajstić information content (AvgIpc) is 2.89. The van der Waals surface area contributed by atoms with E-state index in [9.17, 15) is 17.6 Å². The second kappa shape index (κ2) is 6.29. The molecular formula is C13H15ClFNO4S. The number of rotatable bonds is 5. The van der Waals surface area contributed by atoms with Crippen LogP contribution in [0.5, 0.6) is 0 Å². The SMILES string of the molecule is O=C(O)CCC1CCN(S(=O)(=O)c2cccc(Cl)c2F)C1. The number of hydrogen-bond donors (Lipinski definition) is 1. The normalized spacial score (nSPS) is 19.8. The van der Waals surface area contributed by atoms with Crippen LogP contribution in [0, 0.1) is 11.7 Å². The molecule has 1 aliphatic heterocycles. The Kier molecular flexibility index (Phi) is 4.85. The van der Waals surface area contributed by atoms with E-state index >= 15 is 0 Å². The molecule has 1 N–H and O–H groups in total. The monoisotopic (exact) mass is 335 g/mol. The van der Waals surface area contributed by atoms with Crippen molar-refractivity contribution >= 4 is 27.6 Å². The summed E-state index contributed by atoms with van der Waals surface area (Å²) in [5.74, 6) is -1.87. The van der Waals surface area contributed by atoms with Crippen LogP contribution in [0.25, 0.3) is 0 Å². The molecule has 0 saturated carbocycles. The third-order valence-corrected chi connectivity index (χ3v) is 5.72. The molecule has 1 fully saturated rings. The van der Waals surface area contributed by atoms with Crippen molar-refractivity contribution in [1.29, 1.82) is 0 Å². The van der Waals surface area contributed by atoms with E-state index in [0.717, 1.165) is 0 Å². The minimum Gasteiger partial charge on any atom is -0.481 e. The van der Waals surface area contributed by atoms with Gasteiger partial charge in [0.1, 0.15) is 4.90 Å². The van der Waals surface area contributed by atoms with E-state index in [1.165, 1.54) is 22.5 Å². The van der Waals surface area contributed by atoms with E-state index in [4.69, 9.17) is 16.7 Å². The van der Waals surface area contributed by atoms with Gasteiger partial charge >= 0.3 is 5.97 Å². The van der Waals surface area contributed by atoms with Crippen LogP contribution in [0.15, 0.2) is 23.1 Å². The molecule has 0 bridgehead atoms. The molecule has 116 valence electrons. The van der Waals surface area contributed by atoms with Crippen molar-refractivity contribution in [3.8, 4) is 0 Å². The van der Waals surface area contributed by atoms with Gasteiger partial charge in [-0.1, -0.05) is 17.7 Å². The summed E-state index contributed by atoms with van der Waals surface area (Å²) >= 11 is 5.62. The Bertz CT molecular complexity index is 650. The minimum atomic E-state index is -3.94. The van der Waals surface area contributed by atoms with Crippen LogP contribution in [-0.4, -0.2) is 36.9 Å². The van der Waals surface area contributed by atoms with Crippen molar-refractivity contribution in [3.05, 3.63) is 29.0 Å². The summed E-state index contributed by atoms with van der Waals surface area (Å²) in [7, 11) is -3.94. The van der Waals surface area contributed by atoms with Crippen molar-refractivity contribution in [2.45, 2.75) is 24.2 Å². The van der Waals surface area contributed by atoms with E-state index in [1.54, 1.807) is 0 Å². The van der Waals surface area contributed by atoms with E-state index in [2.05, 4.69) is 0 Å². The van der Waals surface area contributed by atoms with Gasteiger partial charge in [-0.2, -0.15) is 4.31 Å². The van der Waals surface area contributed by atoms with Crippen molar-refractivity contribution < 1.29 is 22.7 Å². The van der Waals surface area contributed by atoms with Gasteiger partial charge in [-0.15, -0.1) is 0 Å². The zero-order valence-electron chi connectivity index (χ0n) is 11.1. The second-order valence-electron chi connectivity index (χ2n) is 5.00. The quantitative estimate of drug-likeness (QED) is 0.896. The van der Waals surface area contributed by atoms with Crippen LogP contribution in [0.2, 0.25) is 5.02 Å². The number of sulfonamides is 1. The molecule has 0 amide bonds. The first-order valence-electron chi connectivity index (χ1n) is 6.48. The fourth-order valence-corrected chi connectivity index (χ4v) is 4.25. The molecule has 1 aliphatic rings. The molecule has 0 aromatic heterocycles. The molecule has 21 heavy (non-hydrogen) atoms. The molecule has 0 spiro atoms. The Morgan fingerprint density at radius 3 is 2.86 bits per heavy atom. The zero-order valence-corrected chi connectivity index (χ0v) is 12.7. The number of carboxylic acids is 1. The number of carboxylic acid groups (broad SMARTS) is 1. The van der Waals surface area contributed by atoms with Crippen LogP contribution in [-0.2, 0) is 14.8 Å². The predicted molar refractivity (Wildman–Crippen MR) is 75.1 cm³/mol. The smallest absolute Gasteiger partial charge is 0.303 e. The number of aliphatic carboxylic acids is 1. The fraction of sp³-hybridized carbons (Fsp3) is 0.462. The Morgan fingerprint density at radius 2 is 2.19 bits per heavy atom. The largest absolute Gasteiger partial charge is 0.481 e. The highest BCUT2D eigenvalue weighted by Gasteiger charge is 2.34. The van der Waals surface area contributed by atoms with Crippen molar-refractivity contribution in [1.82, 2.24) is 4.31 Å². The number of benzene rings is 1. The number of carbonyl (C=O) groups is 1. The summed E-state index contributed by atoms with van der Waals surface area (Å²) < 4.78 is 39.9. The first-order valence-corrected chi connectivity index (χ1v) is 8.30. The van der Waals surface area contributed by atoms with E-state index in [0.29, 0.717) is 12.8 Å². The van der Waals surface area contributed by atoms with Gasteiger partial charge in [0, 0.05) is 19.5 Å². The Morgan fingerprint density at radius 1 is 1.48 bits per heavy atom. The van der Waals surface area contributed by atoms with Crippen molar-refractivity contribution in [2.75, 3.05) is 13.1 Å². The molecular weight excluding hydrogens is 321 g/mol. The van der Waals surface area contributed by atoms with Gasteiger partial charge in [-0.05, 0) is 30.9 Å². The molecule has 1 aromatic carbocycles. The Balaban J connectivity index is 2.14. The van der Waals surface area contributed by atoms with Crippen LogP contribution >= 0.6 is 11.6 Å². The lowest BCUT2D eigenvalue weighted by atomic mass is 10.0. The summed E-state index contributed by atoms with van der Waals surface area (Å²) in [6.07, 6.45) is 0.998. The molecule has 1 unspecified atom stereocenters. The van der Waals surface area contributed by atoms with Gasteiger partial charge in [0.15, 0.2) is 5.82 Å². The Hall–Kier alpha value is -1.18. The van der Waals surface area contributed by atoms with Crippen molar-refractivity contribution in [2.24, 2.45) is 5.92 Å². The topological polar surface area (TPSA) is 74.7 Å². The fourth-order valence-electron chi connectivity index (χ4n) is 2.40. The lowest BCUT2D eigenvalue weighted by Gasteiger charge is -2.17. The molecule has 0 radical (unpaired) electrons. The molecule has 1 atom stereocenters. The predicted octanol–water partition coefficient (Wildman–Crippen LogP) is 2.35. The van der Waals surface area contributed by atoms with E-state index < -0.39 is 26.7 Å². The molecule has 0 aliphatic carbocycles. The third kappa shape index (κ3) is 3.53. The lowest BCUT2D eigenvalue weighted by Crippen LogP contribution is -2.29. The summed E-state index contributed by atoms with van der Waals surface area (Å²) in [5.41, 5.74) is 0. The highest BCUT2D eigenvalue weighted by Crippen LogP contribution is 2.30. The maximum atomic E-state index is 13.9. The second-order valence-corrected chi connectivity index (χ2v) is 7.32. The van der Waals surface area contributed by atoms with E-state index in [-0.39, 0.29) is 30.5 Å². The van der Waals surface area contributed by atoms with Gasteiger partial charge in [0.05, 0.1) is 5.02 Å². The summed E-state index contributed by atoms with van der Waals surface area (Å²) in [5, 5.41) is 8.41. The molecule has 1 saturated heterocycles. The maximum Gasteiger partial charge on any atom is 0.303 e. The third-order valence-electron chi connectivity index (χ3n) is 3.55. The van der Waals surface area contributed by atoms with E-state index in [1.807, 2.05) is 0 Å². The first-order chi connectivity index (χ1) is 9.82. The van der Waals surface area contributed by atoms with Gasteiger partial charge in [0.25, 0.3) is 0 Å². The van der Waals surface area contributed by atoms with Gasteiger partial charge in [-0.25, -0.2) is 12.8 Å². The molecule has 1 aromatic rings. The summed E-state index contributed by atoms with van der Waals surface area (Å²) in [6, 6.07) is 3.85. The summed E-state index contributed by atoms with van der Waals surface area (Å²) in [4.78, 5) is 10.1.